The summed E-state index contributed by atoms with van der Waals surface area (Å²) in [5, 5.41) is 13.2. The number of carboxylic acid groups (broad SMARTS) is 1. The summed E-state index contributed by atoms with van der Waals surface area (Å²) in [6.07, 6.45) is 0.599. The molecule has 0 bridgehead atoms. The van der Waals surface area contributed by atoms with E-state index in [4.69, 9.17) is 19.3 Å². The molecule has 1 aliphatic heterocycles. The average molecular weight is 566 g/mol. The van der Waals surface area contributed by atoms with Gasteiger partial charge in [-0.05, 0) is 74.2 Å². The van der Waals surface area contributed by atoms with E-state index in [0.717, 1.165) is 76.0 Å². The van der Waals surface area contributed by atoms with Gasteiger partial charge in [0.1, 0.15) is 23.1 Å². The Bertz CT molecular complexity index is 1440. The molecule has 210 valence electrons. The maximum atomic E-state index is 13.6. The fraction of sp³-hybridized carbons (Fsp3) is 0.333. The van der Waals surface area contributed by atoms with Gasteiger partial charge in [0.05, 0.1) is 29.0 Å². The van der Waals surface area contributed by atoms with Crippen LogP contribution in [0.15, 0.2) is 54.6 Å². The molecule has 0 aliphatic carbocycles. The van der Waals surface area contributed by atoms with E-state index >= 15 is 0 Å². The molecule has 0 atom stereocenters. The van der Waals surface area contributed by atoms with Crippen LogP contribution in [0.25, 0.3) is 21.3 Å². The van der Waals surface area contributed by atoms with Crippen molar-refractivity contribution < 1.29 is 28.5 Å². The van der Waals surface area contributed by atoms with Gasteiger partial charge < -0.3 is 24.6 Å². The van der Waals surface area contributed by atoms with Crippen molar-refractivity contribution in [1.82, 2.24) is 9.88 Å². The Balaban J connectivity index is 1.25. The molecule has 1 aromatic heterocycles. The molecule has 5 rings (SSSR count). The predicted molar refractivity (Wildman–Crippen MR) is 154 cm³/mol. The largest absolute Gasteiger partial charge is 0.511 e. The van der Waals surface area contributed by atoms with Gasteiger partial charge in [-0.15, -0.1) is 0 Å². The summed E-state index contributed by atoms with van der Waals surface area (Å²) in [5.74, 6) is 1.48. The third-order valence-corrected chi connectivity index (χ3v) is 7.69. The van der Waals surface area contributed by atoms with Gasteiger partial charge in [0.2, 0.25) is 0 Å². The molecular weight excluding hydrogens is 533 g/mol. The maximum absolute atomic E-state index is 13.6. The highest BCUT2D eigenvalue weighted by molar-refractivity contribution is 7.22. The van der Waals surface area contributed by atoms with E-state index in [9.17, 15) is 9.18 Å². The summed E-state index contributed by atoms with van der Waals surface area (Å²) >= 11 is 1.49. The Kier molecular flexibility index (Phi) is 8.66. The van der Waals surface area contributed by atoms with E-state index in [1.165, 1.54) is 23.5 Å². The summed E-state index contributed by atoms with van der Waals surface area (Å²) in [6, 6.07) is 15.9. The number of halogens is 1. The van der Waals surface area contributed by atoms with Gasteiger partial charge in [0.25, 0.3) is 0 Å². The Morgan fingerprint density at radius 3 is 2.35 bits per heavy atom. The van der Waals surface area contributed by atoms with Gasteiger partial charge in [0, 0.05) is 31.7 Å². The molecule has 0 amide bonds. The molecule has 1 saturated heterocycles. The first-order valence-corrected chi connectivity index (χ1v) is 14.2. The zero-order valence-electron chi connectivity index (χ0n) is 22.5. The number of carbonyl (C=O) groups is 1. The quantitative estimate of drug-likeness (QED) is 0.156. The van der Waals surface area contributed by atoms with Gasteiger partial charge in [-0.2, -0.15) is 0 Å². The first kappa shape index (κ1) is 27.7. The lowest BCUT2D eigenvalue weighted by atomic mass is 9.99. The van der Waals surface area contributed by atoms with Crippen molar-refractivity contribution in [3.63, 3.8) is 0 Å². The highest BCUT2D eigenvalue weighted by Crippen LogP contribution is 2.40. The van der Waals surface area contributed by atoms with Gasteiger partial charge >= 0.3 is 6.16 Å². The molecule has 8 nitrogen and oxygen atoms in total. The van der Waals surface area contributed by atoms with Crippen LogP contribution < -0.4 is 19.5 Å². The van der Waals surface area contributed by atoms with Crippen LogP contribution in [0.4, 0.5) is 14.3 Å². The lowest BCUT2D eigenvalue weighted by molar-refractivity contribution is 0.144. The molecule has 10 heteroatoms. The lowest BCUT2D eigenvalue weighted by Gasteiger charge is -2.32. The van der Waals surface area contributed by atoms with Gasteiger partial charge in [-0.3, -0.25) is 4.90 Å². The van der Waals surface area contributed by atoms with E-state index in [2.05, 4.69) is 27.3 Å². The fourth-order valence-corrected chi connectivity index (χ4v) is 5.95. The minimum atomic E-state index is -1.33. The molecule has 1 aliphatic rings. The molecular formula is C30H32FN3O5S. The number of hydrogen-bond donors (Lipinski definition) is 2. The number of aromatic nitrogens is 1. The number of anilines is 1. The van der Waals surface area contributed by atoms with E-state index < -0.39 is 6.16 Å². The lowest BCUT2D eigenvalue weighted by Crippen LogP contribution is -2.38. The second kappa shape index (κ2) is 12.5. The van der Waals surface area contributed by atoms with Crippen LogP contribution in [0.1, 0.15) is 32.3 Å². The van der Waals surface area contributed by atoms with Crippen LogP contribution in [-0.2, 0) is 6.54 Å². The SMILES string of the molecule is CCOc1cc(CN2CCC(Nc3nc4ccc(OC(=O)O)cc4s3)CC2)cc(OCC)c1-c1ccc(F)cc1. The zero-order chi connectivity index (χ0) is 28.1. The second-order valence-corrected chi connectivity index (χ2v) is 10.6. The van der Waals surface area contributed by atoms with Crippen molar-refractivity contribution in [3.05, 3.63) is 66.0 Å². The fourth-order valence-electron chi connectivity index (χ4n) is 4.97. The first-order chi connectivity index (χ1) is 19.4. The second-order valence-electron chi connectivity index (χ2n) is 9.55. The molecule has 0 radical (unpaired) electrons. The minimum absolute atomic E-state index is 0.281. The summed E-state index contributed by atoms with van der Waals surface area (Å²) in [6.45, 7) is 7.55. The molecule has 2 N–H and O–H groups in total. The van der Waals surface area contributed by atoms with Gasteiger partial charge in [-0.1, -0.05) is 23.5 Å². The predicted octanol–water partition coefficient (Wildman–Crippen LogP) is 7.03. The van der Waals surface area contributed by atoms with Crippen LogP contribution in [0.2, 0.25) is 0 Å². The number of thiazole rings is 1. The zero-order valence-corrected chi connectivity index (χ0v) is 23.3. The number of nitrogens with zero attached hydrogens (tertiary/aromatic N) is 2. The van der Waals surface area contributed by atoms with Crippen LogP contribution >= 0.6 is 11.3 Å². The van der Waals surface area contributed by atoms with Crippen molar-refractivity contribution in [1.29, 1.82) is 0 Å². The minimum Gasteiger partial charge on any atom is -0.493 e. The Morgan fingerprint density at radius 2 is 1.73 bits per heavy atom. The average Bonchev–Trinajstić information content (AvgIpc) is 3.32. The molecule has 2 heterocycles. The van der Waals surface area contributed by atoms with E-state index in [1.54, 1.807) is 30.3 Å². The topological polar surface area (TPSA) is 93.2 Å². The number of likely N-dealkylation sites (tertiary alicyclic amines) is 1. The van der Waals surface area contributed by atoms with Crippen molar-refractivity contribution in [3.8, 4) is 28.4 Å². The molecule has 0 spiro atoms. The third kappa shape index (κ3) is 6.63. The van der Waals surface area contributed by atoms with Crippen LogP contribution in [-0.4, -0.2) is 53.5 Å². The number of benzene rings is 3. The number of fused-ring (bicyclic) bond motifs is 1. The van der Waals surface area contributed by atoms with Gasteiger partial charge in [0.15, 0.2) is 5.13 Å². The van der Waals surface area contributed by atoms with E-state index in [-0.39, 0.29) is 11.6 Å². The number of hydrogen-bond acceptors (Lipinski definition) is 8. The van der Waals surface area contributed by atoms with E-state index in [0.29, 0.717) is 19.3 Å². The standard InChI is InChI=1S/C30H32FN3O5S/c1-3-37-25-15-19(16-26(38-4-2)28(25)20-5-7-21(31)8-6-20)18-34-13-11-22(12-14-34)32-29-33-24-10-9-23(39-30(35)36)17-27(24)40-29/h5-10,15-17,22H,3-4,11-14,18H2,1-2H3,(H,32,33)(H,35,36). The van der Waals surface area contributed by atoms with E-state index in [1.807, 2.05) is 13.8 Å². The Morgan fingerprint density at radius 1 is 1.05 bits per heavy atom. The number of piperidine rings is 1. The molecule has 4 aromatic rings. The van der Waals surface area contributed by atoms with Crippen LogP contribution in [0.3, 0.4) is 0 Å². The number of nitrogens with one attached hydrogen (secondary N) is 1. The Hall–Kier alpha value is -3.89. The molecule has 3 aromatic carbocycles. The summed E-state index contributed by atoms with van der Waals surface area (Å²) in [4.78, 5) is 17.9. The van der Waals surface area contributed by atoms with Crippen molar-refractivity contribution in [2.75, 3.05) is 31.6 Å². The maximum Gasteiger partial charge on any atom is 0.511 e. The van der Waals surface area contributed by atoms with Crippen LogP contribution in [0.5, 0.6) is 17.2 Å². The monoisotopic (exact) mass is 565 g/mol. The molecule has 1 fully saturated rings. The smallest absolute Gasteiger partial charge is 0.493 e. The number of rotatable bonds is 10. The van der Waals surface area contributed by atoms with Gasteiger partial charge in [-0.25, -0.2) is 14.2 Å². The molecule has 0 saturated carbocycles. The van der Waals surface area contributed by atoms with Crippen molar-refractivity contribution in [2.45, 2.75) is 39.3 Å². The first-order valence-electron chi connectivity index (χ1n) is 13.4. The van der Waals surface area contributed by atoms with Crippen LogP contribution in [0, 0.1) is 5.82 Å². The summed E-state index contributed by atoms with van der Waals surface area (Å²) in [5.41, 5.74) is 3.61. The summed E-state index contributed by atoms with van der Waals surface area (Å²) in [7, 11) is 0. The van der Waals surface area contributed by atoms with Crippen molar-refractivity contribution in [2.24, 2.45) is 0 Å². The summed E-state index contributed by atoms with van der Waals surface area (Å²) < 4.78 is 31.3. The number of ether oxygens (including phenoxy) is 3. The normalized spacial score (nSPS) is 14.3. The van der Waals surface area contributed by atoms with Crippen molar-refractivity contribution >= 4 is 32.8 Å². The highest BCUT2D eigenvalue weighted by atomic mass is 32.1. The third-order valence-electron chi connectivity index (χ3n) is 6.74. The molecule has 0 unspecified atom stereocenters. The molecule has 40 heavy (non-hydrogen) atoms. The Labute approximate surface area is 236 Å². The highest BCUT2D eigenvalue weighted by Gasteiger charge is 2.22.